The largest absolute Gasteiger partial charge is 0.505 e. The molecule has 0 radical (unpaired) electrons. The Hall–Kier alpha value is -2.46. The molecule has 2 aliphatic rings. The van der Waals surface area contributed by atoms with E-state index in [1.54, 1.807) is 6.07 Å². The van der Waals surface area contributed by atoms with Crippen molar-refractivity contribution >= 4 is 17.6 Å². The number of esters is 1. The number of halogens is 1. The van der Waals surface area contributed by atoms with Crippen molar-refractivity contribution in [1.82, 2.24) is 0 Å². The highest BCUT2D eigenvalue weighted by molar-refractivity contribution is 6.31. The van der Waals surface area contributed by atoms with E-state index in [1.165, 1.54) is 5.56 Å². The van der Waals surface area contributed by atoms with Crippen molar-refractivity contribution in [2.24, 2.45) is 5.92 Å². The molecule has 1 saturated carbocycles. The van der Waals surface area contributed by atoms with Crippen LogP contribution in [0.15, 0.2) is 54.0 Å². The second kappa shape index (κ2) is 7.17. The molecule has 5 heteroatoms. The lowest BCUT2D eigenvalue weighted by molar-refractivity contribution is -0.157. The fourth-order valence-electron chi connectivity index (χ4n) is 4.45. The summed E-state index contributed by atoms with van der Waals surface area (Å²) in [7, 11) is 0. The molecular formula is C23H23ClO4. The first kappa shape index (κ1) is 18.9. The monoisotopic (exact) mass is 398 g/mol. The molecule has 1 aliphatic heterocycles. The zero-order chi connectivity index (χ0) is 19.9. The van der Waals surface area contributed by atoms with Crippen LogP contribution in [0.1, 0.15) is 43.2 Å². The smallest absolute Gasteiger partial charge is 0.378 e. The third-order valence-corrected chi connectivity index (χ3v) is 6.27. The summed E-state index contributed by atoms with van der Waals surface area (Å²) in [6.45, 7) is 2.03. The molecule has 0 saturated heterocycles. The normalized spacial score (nSPS) is 23.1. The number of hydrogen-bond donors (Lipinski definition) is 2. The van der Waals surface area contributed by atoms with Gasteiger partial charge in [-0.15, -0.1) is 0 Å². The number of carbonyl (C=O) groups is 1. The number of rotatable bonds is 3. The lowest BCUT2D eigenvalue weighted by Crippen LogP contribution is -2.39. The third-order valence-electron chi connectivity index (χ3n) is 5.96. The summed E-state index contributed by atoms with van der Waals surface area (Å²) >= 11 is 6.65. The first-order valence-corrected chi connectivity index (χ1v) is 10.0. The molecule has 1 aliphatic carbocycles. The highest BCUT2D eigenvalue weighted by Crippen LogP contribution is 2.52. The molecule has 2 N–H and O–H groups in total. The van der Waals surface area contributed by atoms with Gasteiger partial charge in [-0.1, -0.05) is 72.8 Å². The molecule has 0 spiro atoms. The average Bonchev–Trinajstić information content (AvgIpc) is 2.94. The van der Waals surface area contributed by atoms with E-state index in [0.717, 1.165) is 43.2 Å². The van der Waals surface area contributed by atoms with Crippen molar-refractivity contribution in [3.05, 3.63) is 70.1 Å². The molecular weight excluding hydrogens is 376 g/mol. The molecule has 1 heterocycles. The summed E-state index contributed by atoms with van der Waals surface area (Å²) in [5.41, 5.74) is 2.24. The van der Waals surface area contributed by atoms with Crippen LogP contribution in [0.3, 0.4) is 0 Å². The Morgan fingerprint density at radius 3 is 2.21 bits per heavy atom. The standard InChI is InChI=1S/C23H23ClO4/c1-14-7-9-15(10-8-14)16-11-12-18(19(24)13-16)23(17-5-3-2-4-6-17)21(26)20(25)22(27)28-23/h7-13,17,25-26H,2-6H2,1H3. The van der Waals surface area contributed by atoms with Crippen molar-refractivity contribution in [1.29, 1.82) is 0 Å². The van der Waals surface area contributed by atoms with Crippen molar-refractivity contribution in [3.63, 3.8) is 0 Å². The van der Waals surface area contributed by atoms with E-state index in [4.69, 9.17) is 16.3 Å². The summed E-state index contributed by atoms with van der Waals surface area (Å²) in [5.74, 6) is -2.17. The lowest BCUT2D eigenvalue weighted by atomic mass is 9.72. The number of cyclic esters (lactones) is 1. The molecule has 1 unspecified atom stereocenters. The number of aliphatic hydroxyl groups is 2. The lowest BCUT2D eigenvalue weighted by Gasteiger charge is -2.38. The van der Waals surface area contributed by atoms with Gasteiger partial charge in [-0.25, -0.2) is 4.79 Å². The summed E-state index contributed by atoms with van der Waals surface area (Å²) < 4.78 is 5.64. The Morgan fingerprint density at radius 1 is 1.00 bits per heavy atom. The maximum atomic E-state index is 12.1. The fraction of sp³-hybridized carbons (Fsp3) is 0.348. The molecule has 0 aromatic heterocycles. The van der Waals surface area contributed by atoms with E-state index < -0.39 is 23.1 Å². The van der Waals surface area contributed by atoms with Gasteiger partial charge in [-0.05, 0) is 37.0 Å². The van der Waals surface area contributed by atoms with Gasteiger partial charge >= 0.3 is 5.97 Å². The quantitative estimate of drug-likeness (QED) is 0.624. The van der Waals surface area contributed by atoms with Crippen LogP contribution in [0.2, 0.25) is 5.02 Å². The Kier molecular flexibility index (Phi) is 4.84. The van der Waals surface area contributed by atoms with Gasteiger partial charge < -0.3 is 14.9 Å². The summed E-state index contributed by atoms with van der Waals surface area (Å²) in [4.78, 5) is 12.1. The number of carbonyl (C=O) groups excluding carboxylic acids is 1. The minimum Gasteiger partial charge on any atom is -0.505 e. The van der Waals surface area contributed by atoms with E-state index >= 15 is 0 Å². The van der Waals surface area contributed by atoms with Gasteiger partial charge in [0.25, 0.3) is 0 Å². The average molecular weight is 399 g/mol. The highest BCUT2D eigenvalue weighted by atomic mass is 35.5. The molecule has 28 heavy (non-hydrogen) atoms. The Labute approximate surface area is 169 Å². The van der Waals surface area contributed by atoms with Crippen LogP contribution in [0.5, 0.6) is 0 Å². The van der Waals surface area contributed by atoms with Crippen molar-refractivity contribution in [2.75, 3.05) is 0 Å². The summed E-state index contributed by atoms with van der Waals surface area (Å²) in [6, 6.07) is 13.6. The molecule has 2 aromatic rings. The van der Waals surface area contributed by atoms with Crippen molar-refractivity contribution in [2.45, 2.75) is 44.6 Å². The van der Waals surface area contributed by atoms with Gasteiger partial charge in [-0.2, -0.15) is 0 Å². The predicted octanol–water partition coefficient (Wildman–Crippen LogP) is 5.98. The molecule has 4 rings (SSSR count). The zero-order valence-electron chi connectivity index (χ0n) is 15.7. The molecule has 0 bridgehead atoms. The van der Waals surface area contributed by atoms with E-state index in [9.17, 15) is 15.0 Å². The second-order valence-corrected chi connectivity index (χ2v) is 8.13. The fourth-order valence-corrected chi connectivity index (χ4v) is 4.77. The van der Waals surface area contributed by atoms with Crippen LogP contribution < -0.4 is 0 Å². The van der Waals surface area contributed by atoms with E-state index in [1.807, 2.05) is 43.3 Å². The Morgan fingerprint density at radius 2 is 1.64 bits per heavy atom. The van der Waals surface area contributed by atoms with Crippen molar-refractivity contribution < 1.29 is 19.7 Å². The van der Waals surface area contributed by atoms with Crippen LogP contribution in [0.4, 0.5) is 0 Å². The van der Waals surface area contributed by atoms with Gasteiger partial charge in [-0.3, -0.25) is 0 Å². The highest BCUT2D eigenvalue weighted by Gasteiger charge is 2.56. The van der Waals surface area contributed by atoms with Crippen LogP contribution in [0, 0.1) is 12.8 Å². The van der Waals surface area contributed by atoms with Gasteiger partial charge in [0.05, 0.1) is 0 Å². The first-order valence-electron chi connectivity index (χ1n) is 9.66. The molecule has 1 fully saturated rings. The number of aryl methyl sites for hydroxylation is 1. The topological polar surface area (TPSA) is 66.8 Å². The Bertz CT molecular complexity index is 942. The predicted molar refractivity (Wildman–Crippen MR) is 108 cm³/mol. The van der Waals surface area contributed by atoms with Crippen molar-refractivity contribution in [3.8, 4) is 11.1 Å². The number of hydrogen-bond acceptors (Lipinski definition) is 4. The molecule has 4 nitrogen and oxygen atoms in total. The van der Waals surface area contributed by atoms with E-state index in [2.05, 4.69) is 0 Å². The van der Waals surface area contributed by atoms with Gasteiger partial charge in [0, 0.05) is 16.5 Å². The summed E-state index contributed by atoms with van der Waals surface area (Å²) in [6.07, 6.45) is 4.66. The van der Waals surface area contributed by atoms with Gasteiger partial charge in [0.2, 0.25) is 11.4 Å². The van der Waals surface area contributed by atoms with Gasteiger partial charge in [0.15, 0.2) is 5.76 Å². The molecule has 0 amide bonds. The number of ether oxygens (including phenoxy) is 1. The van der Waals surface area contributed by atoms with E-state index in [-0.39, 0.29) is 5.92 Å². The molecule has 1 atom stereocenters. The van der Waals surface area contributed by atoms with Gasteiger partial charge in [0.1, 0.15) is 0 Å². The summed E-state index contributed by atoms with van der Waals surface area (Å²) in [5, 5.41) is 21.2. The first-order chi connectivity index (χ1) is 13.4. The maximum Gasteiger partial charge on any atom is 0.378 e. The minimum absolute atomic E-state index is 0.127. The minimum atomic E-state index is -1.41. The van der Waals surface area contributed by atoms with Crippen LogP contribution in [0.25, 0.3) is 11.1 Å². The Balaban J connectivity index is 1.81. The third kappa shape index (κ3) is 2.96. The van der Waals surface area contributed by atoms with Crippen LogP contribution in [-0.4, -0.2) is 16.2 Å². The number of aliphatic hydroxyl groups excluding tert-OH is 2. The zero-order valence-corrected chi connectivity index (χ0v) is 16.5. The van der Waals surface area contributed by atoms with E-state index in [0.29, 0.717) is 10.6 Å². The van der Waals surface area contributed by atoms with Crippen LogP contribution in [-0.2, 0) is 15.1 Å². The van der Waals surface area contributed by atoms with Crippen LogP contribution >= 0.6 is 11.6 Å². The molecule has 2 aromatic carbocycles. The SMILES string of the molecule is Cc1ccc(-c2ccc(C3(C4CCCCC4)OC(=O)C(O)=C3O)c(Cl)c2)cc1. The second-order valence-electron chi connectivity index (χ2n) is 7.72. The molecule has 146 valence electrons. The maximum absolute atomic E-state index is 12.1. The number of benzene rings is 2.